The monoisotopic (exact) mass is 381 g/mol. The molecule has 6 heteroatoms. The lowest BCUT2D eigenvalue weighted by Gasteiger charge is -2.17. The molecule has 0 aliphatic rings. The Morgan fingerprint density at radius 3 is 2.94 bits per heavy atom. The van der Waals surface area contributed by atoms with Crippen LogP contribution in [0.25, 0.3) is 0 Å². The Kier molecular flexibility index (Phi) is 4.46. The van der Waals surface area contributed by atoms with E-state index in [1.54, 1.807) is 17.5 Å². The first-order valence-corrected chi connectivity index (χ1v) is 7.63. The van der Waals surface area contributed by atoms with Crippen LogP contribution in [0.3, 0.4) is 0 Å². The maximum absolute atomic E-state index is 6.23. The van der Waals surface area contributed by atoms with Crippen LogP contribution in [-0.4, -0.2) is 16.8 Å². The van der Waals surface area contributed by atoms with Gasteiger partial charge in [-0.05, 0) is 53.6 Å². The van der Waals surface area contributed by atoms with E-state index >= 15 is 0 Å². The van der Waals surface area contributed by atoms with Crippen LogP contribution in [0.1, 0.15) is 24.2 Å². The molecule has 0 aliphatic heterocycles. The zero-order valence-corrected chi connectivity index (χ0v) is 13.3. The van der Waals surface area contributed by atoms with E-state index in [4.69, 9.17) is 11.6 Å². The summed E-state index contributed by atoms with van der Waals surface area (Å²) in [6.07, 6.45) is 1.71. The molecule has 2 aromatic rings. The second kappa shape index (κ2) is 5.69. The fraction of sp³-hybridized carbons (Fsp3) is 0.364. The number of hydrogen-bond acceptors (Lipinski definition) is 3. The van der Waals surface area contributed by atoms with Gasteiger partial charge in [0.25, 0.3) is 0 Å². The lowest BCUT2D eigenvalue weighted by Crippen LogP contribution is -2.21. The Hall–Kier alpha value is -0.110. The summed E-state index contributed by atoms with van der Waals surface area (Å²) in [5.41, 5.74) is 2.27. The van der Waals surface area contributed by atoms with E-state index < -0.39 is 0 Å². The average molecular weight is 382 g/mol. The van der Waals surface area contributed by atoms with Crippen LogP contribution in [0.15, 0.2) is 17.6 Å². The van der Waals surface area contributed by atoms with Gasteiger partial charge in [0, 0.05) is 6.54 Å². The highest BCUT2D eigenvalue weighted by Crippen LogP contribution is 2.31. The van der Waals surface area contributed by atoms with Crippen LogP contribution in [0.4, 0.5) is 0 Å². The second-order valence-electron chi connectivity index (χ2n) is 3.60. The highest BCUT2D eigenvalue weighted by molar-refractivity contribution is 14.1. The van der Waals surface area contributed by atoms with Gasteiger partial charge in [0.15, 0.2) is 0 Å². The molecule has 0 bridgehead atoms. The second-order valence-corrected chi connectivity index (χ2v) is 6.81. The van der Waals surface area contributed by atoms with Crippen molar-refractivity contribution in [3.8, 4) is 0 Å². The molecule has 0 saturated heterocycles. The van der Waals surface area contributed by atoms with Crippen LogP contribution >= 0.6 is 45.5 Å². The summed E-state index contributed by atoms with van der Waals surface area (Å²) in [6.45, 7) is 2.89. The van der Waals surface area contributed by atoms with Crippen molar-refractivity contribution in [1.82, 2.24) is 15.1 Å². The highest BCUT2D eigenvalue weighted by atomic mass is 127. The Bertz CT molecular complexity index is 509. The van der Waals surface area contributed by atoms with Gasteiger partial charge >= 0.3 is 0 Å². The van der Waals surface area contributed by atoms with E-state index in [1.165, 1.54) is 8.45 Å². The smallest absolute Gasteiger partial charge is 0.0837 e. The quantitative estimate of drug-likeness (QED) is 0.821. The molecular formula is C11H13ClIN3S. The van der Waals surface area contributed by atoms with Crippen LogP contribution in [-0.2, 0) is 6.54 Å². The van der Waals surface area contributed by atoms with Gasteiger partial charge in [-0.3, -0.25) is 4.68 Å². The minimum absolute atomic E-state index is 0.102. The normalized spacial score (nSPS) is 12.9. The fourth-order valence-electron chi connectivity index (χ4n) is 1.85. The third-order valence-electron chi connectivity index (χ3n) is 2.62. The van der Waals surface area contributed by atoms with E-state index in [-0.39, 0.29) is 6.04 Å². The van der Waals surface area contributed by atoms with Crippen molar-refractivity contribution in [1.29, 1.82) is 0 Å². The number of aromatic nitrogens is 2. The predicted molar refractivity (Wildman–Crippen MR) is 80.8 cm³/mol. The largest absolute Gasteiger partial charge is 0.308 e. The van der Waals surface area contributed by atoms with Gasteiger partial charge in [0.1, 0.15) is 0 Å². The molecule has 3 nitrogen and oxygen atoms in total. The van der Waals surface area contributed by atoms with Gasteiger partial charge in [0.2, 0.25) is 0 Å². The lowest BCUT2D eigenvalue weighted by atomic mass is 10.1. The highest BCUT2D eigenvalue weighted by Gasteiger charge is 2.21. The Morgan fingerprint density at radius 1 is 1.65 bits per heavy atom. The molecule has 1 N–H and O–H groups in total. The number of halogens is 2. The maximum Gasteiger partial charge on any atom is 0.0837 e. The van der Waals surface area contributed by atoms with Crippen molar-refractivity contribution in [2.75, 3.05) is 7.05 Å². The van der Waals surface area contributed by atoms with E-state index in [9.17, 15) is 0 Å². The molecule has 0 aromatic carbocycles. The van der Waals surface area contributed by atoms with Crippen molar-refractivity contribution in [3.05, 3.63) is 36.8 Å². The van der Waals surface area contributed by atoms with Crippen LogP contribution < -0.4 is 5.32 Å². The molecule has 2 rings (SSSR count). The van der Waals surface area contributed by atoms with E-state index in [0.717, 1.165) is 12.2 Å². The van der Waals surface area contributed by atoms with Gasteiger partial charge in [-0.25, -0.2) is 0 Å². The fourth-order valence-corrected chi connectivity index (χ4v) is 3.50. The van der Waals surface area contributed by atoms with E-state index in [0.29, 0.717) is 5.02 Å². The third kappa shape index (κ3) is 2.67. The topological polar surface area (TPSA) is 29.9 Å². The van der Waals surface area contributed by atoms with Crippen molar-refractivity contribution in [3.63, 3.8) is 0 Å². The van der Waals surface area contributed by atoms with Crippen LogP contribution in [0.5, 0.6) is 0 Å². The summed E-state index contributed by atoms with van der Waals surface area (Å²) in [7, 11) is 1.94. The summed E-state index contributed by atoms with van der Waals surface area (Å²) >= 11 is 10.3. The first-order valence-electron chi connectivity index (χ1n) is 5.29. The molecule has 17 heavy (non-hydrogen) atoms. The number of nitrogens with one attached hydrogen (secondary N) is 1. The minimum Gasteiger partial charge on any atom is -0.308 e. The predicted octanol–water partition coefficient (Wildman–Crippen LogP) is 3.53. The molecule has 2 heterocycles. The average Bonchev–Trinajstić information content (AvgIpc) is 2.89. The van der Waals surface area contributed by atoms with Crippen molar-refractivity contribution >= 4 is 45.5 Å². The molecule has 0 saturated carbocycles. The molecule has 0 aliphatic carbocycles. The zero-order chi connectivity index (χ0) is 12.4. The summed E-state index contributed by atoms with van der Waals surface area (Å²) in [5.74, 6) is 0. The maximum atomic E-state index is 6.23. The lowest BCUT2D eigenvalue weighted by molar-refractivity contribution is 0.564. The SMILES string of the molecule is CCn1ncc(Cl)c1C(NC)c1csc(I)c1. The number of rotatable bonds is 4. The number of hydrogen-bond donors (Lipinski definition) is 1. The first kappa shape index (κ1) is 13.3. The summed E-state index contributed by atoms with van der Waals surface area (Å²) in [5, 5.41) is 10.5. The van der Waals surface area contributed by atoms with Crippen molar-refractivity contribution in [2.45, 2.75) is 19.5 Å². The summed E-state index contributed by atoms with van der Waals surface area (Å²) in [6, 6.07) is 2.28. The molecule has 1 unspecified atom stereocenters. The Morgan fingerprint density at radius 2 is 2.41 bits per heavy atom. The van der Waals surface area contributed by atoms with Gasteiger partial charge in [0.05, 0.1) is 25.8 Å². The van der Waals surface area contributed by atoms with Crippen molar-refractivity contribution < 1.29 is 0 Å². The summed E-state index contributed by atoms with van der Waals surface area (Å²) < 4.78 is 3.21. The third-order valence-corrected chi connectivity index (χ3v) is 4.71. The van der Waals surface area contributed by atoms with Gasteiger partial charge < -0.3 is 5.32 Å². The van der Waals surface area contributed by atoms with E-state index in [1.807, 2.05) is 11.7 Å². The molecule has 0 spiro atoms. The van der Waals surface area contributed by atoms with Gasteiger partial charge in [-0.2, -0.15) is 5.10 Å². The standard InChI is InChI=1S/C11H13ClIN3S/c1-3-16-11(8(12)5-15-16)10(14-2)7-4-9(13)17-6-7/h4-6,10,14H,3H2,1-2H3. The molecule has 92 valence electrons. The van der Waals surface area contributed by atoms with Gasteiger partial charge in [-0.1, -0.05) is 11.6 Å². The molecular weight excluding hydrogens is 369 g/mol. The Balaban J connectivity index is 2.44. The molecule has 1 atom stereocenters. The number of aryl methyl sites for hydroxylation is 1. The van der Waals surface area contributed by atoms with Crippen LogP contribution in [0, 0.1) is 2.88 Å². The van der Waals surface area contributed by atoms with Crippen molar-refractivity contribution in [2.24, 2.45) is 0 Å². The molecule has 0 fully saturated rings. The molecule has 0 amide bonds. The van der Waals surface area contributed by atoms with Crippen LogP contribution in [0.2, 0.25) is 5.02 Å². The summed E-state index contributed by atoms with van der Waals surface area (Å²) in [4.78, 5) is 0. The number of thiophene rings is 1. The first-order chi connectivity index (χ1) is 8.17. The minimum atomic E-state index is 0.102. The zero-order valence-electron chi connectivity index (χ0n) is 9.58. The molecule has 0 radical (unpaired) electrons. The molecule has 2 aromatic heterocycles. The van der Waals surface area contributed by atoms with E-state index in [2.05, 4.69) is 51.4 Å². The number of nitrogens with zero attached hydrogens (tertiary/aromatic N) is 2. The Labute approximate surface area is 123 Å². The van der Waals surface area contributed by atoms with Gasteiger partial charge in [-0.15, -0.1) is 11.3 Å².